The average molecular weight is 259 g/mol. The van der Waals surface area contributed by atoms with Crippen molar-refractivity contribution in [2.24, 2.45) is 0 Å². The van der Waals surface area contributed by atoms with E-state index < -0.39 is 17.4 Å². The monoisotopic (exact) mass is 259 g/mol. The van der Waals surface area contributed by atoms with Crippen LogP contribution in [0.25, 0.3) is 0 Å². The third-order valence-corrected chi connectivity index (χ3v) is 3.73. The summed E-state index contributed by atoms with van der Waals surface area (Å²) in [5, 5.41) is 0. The zero-order valence-corrected chi connectivity index (χ0v) is 9.79. The smallest absolute Gasteiger partial charge is 0.434 e. The van der Waals surface area contributed by atoms with Crippen molar-refractivity contribution in [1.29, 1.82) is 0 Å². The third kappa shape index (κ3) is 1.50. The average Bonchev–Trinajstić information content (AvgIpc) is 2.85. The van der Waals surface area contributed by atoms with Crippen LogP contribution in [0.5, 0.6) is 5.88 Å². The maximum atomic E-state index is 12.7. The molecule has 1 saturated heterocycles. The number of nitrogens with zero attached hydrogens (tertiary/aromatic N) is 3. The lowest BCUT2D eigenvalue weighted by molar-refractivity contribution is -0.141. The Morgan fingerprint density at radius 1 is 1.44 bits per heavy atom. The van der Waals surface area contributed by atoms with E-state index in [1.165, 1.54) is 0 Å². The van der Waals surface area contributed by atoms with E-state index in [9.17, 15) is 13.2 Å². The van der Waals surface area contributed by atoms with E-state index in [2.05, 4.69) is 9.97 Å². The number of hydrogen-bond acceptors (Lipinski definition) is 4. The number of fused-ring (bicyclic) bond motifs is 2. The van der Waals surface area contributed by atoms with E-state index in [0.717, 1.165) is 25.6 Å². The van der Waals surface area contributed by atoms with Crippen LogP contribution in [0.3, 0.4) is 0 Å². The number of halogens is 3. The molecule has 0 N–H and O–H groups in total. The van der Waals surface area contributed by atoms with Crippen molar-refractivity contribution in [2.45, 2.75) is 24.6 Å². The number of aromatic nitrogens is 2. The van der Waals surface area contributed by atoms with Crippen LogP contribution in [0.15, 0.2) is 6.20 Å². The van der Waals surface area contributed by atoms with E-state index in [4.69, 9.17) is 4.74 Å². The lowest BCUT2D eigenvalue weighted by Gasteiger charge is -2.29. The molecule has 1 spiro atoms. The molecular weight excluding hydrogens is 247 g/mol. The second kappa shape index (κ2) is 3.57. The summed E-state index contributed by atoms with van der Waals surface area (Å²) in [5.41, 5.74) is -1.15. The van der Waals surface area contributed by atoms with Crippen LogP contribution >= 0.6 is 0 Å². The van der Waals surface area contributed by atoms with Crippen LogP contribution in [0.4, 0.5) is 13.2 Å². The maximum Gasteiger partial charge on any atom is 0.434 e. The van der Waals surface area contributed by atoms with Crippen LogP contribution in [-0.2, 0) is 11.7 Å². The Kier molecular flexibility index (Phi) is 2.32. The van der Waals surface area contributed by atoms with Crippen molar-refractivity contribution >= 4 is 0 Å². The Bertz CT molecular complexity index is 491. The van der Waals surface area contributed by atoms with Crippen molar-refractivity contribution in [3.63, 3.8) is 0 Å². The summed E-state index contributed by atoms with van der Waals surface area (Å²) in [7, 11) is 1.88. The Balaban J connectivity index is 2.10. The van der Waals surface area contributed by atoms with Gasteiger partial charge in [0.2, 0.25) is 5.88 Å². The molecule has 0 radical (unpaired) electrons. The fraction of sp³-hybridized carbons (Fsp3) is 0.636. The van der Waals surface area contributed by atoms with Gasteiger partial charge in [-0.3, -0.25) is 4.90 Å². The van der Waals surface area contributed by atoms with Gasteiger partial charge in [-0.15, -0.1) is 0 Å². The van der Waals surface area contributed by atoms with Crippen LogP contribution in [-0.4, -0.2) is 35.1 Å². The topological polar surface area (TPSA) is 38.2 Å². The molecule has 98 valence electrons. The molecule has 4 nitrogen and oxygen atoms in total. The highest BCUT2D eigenvalue weighted by Crippen LogP contribution is 2.45. The molecule has 1 aromatic rings. The van der Waals surface area contributed by atoms with Gasteiger partial charge < -0.3 is 4.74 Å². The SMILES string of the molecule is CN1CCC[C@@]12COc1ncc(C(F)(F)F)nc12. The summed E-state index contributed by atoms with van der Waals surface area (Å²) in [6.07, 6.45) is -2.06. The number of likely N-dealkylation sites (tertiary alicyclic amines) is 1. The largest absolute Gasteiger partial charge is 0.474 e. The minimum absolute atomic E-state index is 0.233. The molecule has 0 bridgehead atoms. The quantitative estimate of drug-likeness (QED) is 0.712. The van der Waals surface area contributed by atoms with Gasteiger partial charge in [0.25, 0.3) is 0 Å². The van der Waals surface area contributed by atoms with Crippen molar-refractivity contribution in [1.82, 2.24) is 14.9 Å². The van der Waals surface area contributed by atoms with Gasteiger partial charge in [-0.05, 0) is 26.4 Å². The molecule has 18 heavy (non-hydrogen) atoms. The van der Waals surface area contributed by atoms with Crippen molar-refractivity contribution in [3.8, 4) is 5.88 Å². The predicted molar refractivity (Wildman–Crippen MR) is 56.1 cm³/mol. The molecule has 0 amide bonds. The molecule has 0 aliphatic carbocycles. The molecule has 0 saturated carbocycles. The lowest BCUT2D eigenvalue weighted by atomic mass is 9.95. The molecule has 7 heteroatoms. The first-order valence-electron chi connectivity index (χ1n) is 5.72. The highest BCUT2D eigenvalue weighted by molar-refractivity contribution is 5.34. The number of rotatable bonds is 0. The summed E-state index contributed by atoms with van der Waals surface area (Å²) in [4.78, 5) is 9.51. The van der Waals surface area contributed by atoms with Gasteiger partial charge in [-0.25, -0.2) is 9.97 Å². The second-order valence-corrected chi connectivity index (χ2v) is 4.75. The first-order chi connectivity index (χ1) is 8.43. The number of ether oxygens (including phenoxy) is 1. The molecule has 1 fully saturated rings. The van der Waals surface area contributed by atoms with Gasteiger partial charge in [-0.1, -0.05) is 0 Å². The molecule has 1 aromatic heterocycles. The molecule has 0 aromatic carbocycles. The zero-order valence-electron chi connectivity index (χ0n) is 9.79. The van der Waals surface area contributed by atoms with Crippen LogP contribution in [0, 0.1) is 0 Å². The molecule has 0 unspecified atom stereocenters. The Morgan fingerprint density at radius 2 is 2.22 bits per heavy atom. The Labute approximate surface area is 102 Å². The highest BCUT2D eigenvalue weighted by atomic mass is 19.4. The number of alkyl halides is 3. The first-order valence-corrected chi connectivity index (χ1v) is 5.72. The second-order valence-electron chi connectivity index (χ2n) is 4.75. The van der Waals surface area contributed by atoms with E-state index in [1.54, 1.807) is 0 Å². The van der Waals surface area contributed by atoms with E-state index in [0.29, 0.717) is 12.3 Å². The van der Waals surface area contributed by atoms with E-state index >= 15 is 0 Å². The minimum Gasteiger partial charge on any atom is -0.474 e. The summed E-state index contributed by atoms with van der Waals surface area (Å²) < 4.78 is 43.4. The molecular formula is C11H12F3N3O. The minimum atomic E-state index is -4.47. The molecule has 2 aliphatic rings. The van der Waals surface area contributed by atoms with Crippen molar-refractivity contribution in [2.75, 3.05) is 20.2 Å². The third-order valence-electron chi connectivity index (χ3n) is 3.73. The van der Waals surface area contributed by atoms with Gasteiger partial charge in [0, 0.05) is 0 Å². The van der Waals surface area contributed by atoms with Gasteiger partial charge in [0.15, 0.2) is 5.69 Å². The van der Waals surface area contributed by atoms with E-state index in [1.807, 2.05) is 11.9 Å². The summed E-state index contributed by atoms with van der Waals surface area (Å²) in [5.74, 6) is 0.233. The van der Waals surface area contributed by atoms with Gasteiger partial charge in [0.1, 0.15) is 17.8 Å². The van der Waals surface area contributed by atoms with Crippen molar-refractivity contribution in [3.05, 3.63) is 17.6 Å². The van der Waals surface area contributed by atoms with Gasteiger partial charge in [-0.2, -0.15) is 13.2 Å². The molecule has 1 atom stereocenters. The summed E-state index contributed by atoms with van der Waals surface area (Å²) in [6.45, 7) is 1.17. The number of likely N-dealkylation sites (N-methyl/N-ethyl adjacent to an activating group) is 1. The molecule has 3 heterocycles. The van der Waals surface area contributed by atoms with Gasteiger partial charge in [0.05, 0.1) is 6.20 Å². The van der Waals surface area contributed by atoms with Crippen LogP contribution in [0.2, 0.25) is 0 Å². The fourth-order valence-electron chi connectivity index (χ4n) is 2.67. The van der Waals surface area contributed by atoms with E-state index in [-0.39, 0.29) is 5.88 Å². The first kappa shape index (κ1) is 11.7. The maximum absolute atomic E-state index is 12.7. The number of hydrogen-bond donors (Lipinski definition) is 0. The van der Waals surface area contributed by atoms with Gasteiger partial charge >= 0.3 is 6.18 Å². The lowest BCUT2D eigenvalue weighted by Crippen LogP contribution is -2.40. The molecule has 2 aliphatic heterocycles. The predicted octanol–water partition coefficient (Wildman–Crippen LogP) is 1.81. The summed E-state index contributed by atoms with van der Waals surface area (Å²) in [6, 6.07) is 0. The van der Waals surface area contributed by atoms with Crippen molar-refractivity contribution < 1.29 is 17.9 Å². The zero-order chi connectivity index (χ0) is 13.0. The molecule has 3 rings (SSSR count). The summed E-state index contributed by atoms with van der Waals surface area (Å²) >= 11 is 0. The normalized spacial score (nSPS) is 27.6. The highest BCUT2D eigenvalue weighted by Gasteiger charge is 2.50. The fourth-order valence-corrected chi connectivity index (χ4v) is 2.67. The Hall–Kier alpha value is -1.37. The Morgan fingerprint density at radius 3 is 2.83 bits per heavy atom. The van der Waals surface area contributed by atoms with Crippen LogP contribution < -0.4 is 4.74 Å². The van der Waals surface area contributed by atoms with Crippen LogP contribution in [0.1, 0.15) is 24.2 Å². The standard InChI is InChI=1S/C11H12F3N3O/c1-17-4-2-3-10(17)6-18-9-8(10)16-7(5-15-9)11(12,13)14/h5H,2-4,6H2,1H3/t10-/m0/s1.